The number of aryl methyl sites for hydroxylation is 1. The Morgan fingerprint density at radius 3 is 2.37 bits per heavy atom. The van der Waals surface area contributed by atoms with Gasteiger partial charge in [0.15, 0.2) is 4.91 Å². The first-order valence-corrected chi connectivity index (χ1v) is 10.4. The monoisotopic (exact) mass is 401 g/mol. The zero-order valence-electron chi connectivity index (χ0n) is 15.0. The SMILES string of the molecule is Cc1ccc(S(=O)(=O)/C(C#N)=C/N2CCN(c3cccc(Cl)c3)CC2)cc1. The summed E-state index contributed by atoms with van der Waals surface area (Å²) >= 11 is 6.05. The molecule has 0 unspecified atom stereocenters. The van der Waals surface area contributed by atoms with E-state index in [4.69, 9.17) is 11.6 Å². The van der Waals surface area contributed by atoms with Gasteiger partial charge in [-0.3, -0.25) is 0 Å². The molecule has 5 nitrogen and oxygen atoms in total. The zero-order valence-corrected chi connectivity index (χ0v) is 16.5. The number of nitriles is 1. The first kappa shape index (κ1) is 19.3. The second kappa shape index (κ2) is 8.03. The van der Waals surface area contributed by atoms with E-state index in [0.29, 0.717) is 18.1 Å². The Balaban J connectivity index is 1.74. The van der Waals surface area contributed by atoms with Crippen LogP contribution in [0.4, 0.5) is 5.69 Å². The quantitative estimate of drug-likeness (QED) is 0.732. The predicted octanol–water partition coefficient (Wildman–Crippen LogP) is 3.61. The second-order valence-electron chi connectivity index (χ2n) is 6.42. The first-order chi connectivity index (χ1) is 12.9. The number of benzene rings is 2. The zero-order chi connectivity index (χ0) is 19.4. The van der Waals surface area contributed by atoms with Gasteiger partial charge in [0.25, 0.3) is 0 Å². The molecule has 1 saturated heterocycles. The summed E-state index contributed by atoms with van der Waals surface area (Å²) in [6, 6.07) is 16.0. The summed E-state index contributed by atoms with van der Waals surface area (Å²) < 4.78 is 25.5. The maximum absolute atomic E-state index is 12.7. The van der Waals surface area contributed by atoms with Gasteiger partial charge < -0.3 is 9.80 Å². The van der Waals surface area contributed by atoms with Crippen molar-refractivity contribution in [1.29, 1.82) is 5.26 Å². The number of piperazine rings is 1. The van der Waals surface area contributed by atoms with Crippen LogP contribution in [0.2, 0.25) is 5.02 Å². The van der Waals surface area contributed by atoms with Gasteiger partial charge in [-0.05, 0) is 37.3 Å². The number of nitrogens with zero attached hydrogens (tertiary/aromatic N) is 3. The number of allylic oxidation sites excluding steroid dienone is 1. The van der Waals surface area contributed by atoms with E-state index in [-0.39, 0.29) is 9.80 Å². The summed E-state index contributed by atoms with van der Waals surface area (Å²) in [5.41, 5.74) is 2.01. The van der Waals surface area contributed by atoms with Gasteiger partial charge in [0, 0.05) is 43.1 Å². The largest absolute Gasteiger partial charge is 0.372 e. The number of anilines is 1. The third-order valence-electron chi connectivity index (χ3n) is 4.52. The number of hydrogen-bond donors (Lipinski definition) is 0. The maximum Gasteiger partial charge on any atom is 0.218 e. The minimum absolute atomic E-state index is 0.137. The van der Waals surface area contributed by atoms with E-state index in [1.165, 1.54) is 18.3 Å². The van der Waals surface area contributed by atoms with Crippen molar-refractivity contribution < 1.29 is 8.42 Å². The predicted molar refractivity (Wildman–Crippen MR) is 107 cm³/mol. The molecule has 0 N–H and O–H groups in total. The molecule has 1 heterocycles. The third-order valence-corrected chi connectivity index (χ3v) is 6.42. The molecule has 1 aliphatic heterocycles. The molecule has 0 aliphatic carbocycles. The van der Waals surface area contributed by atoms with Crippen molar-refractivity contribution in [2.75, 3.05) is 31.1 Å². The van der Waals surface area contributed by atoms with Crippen molar-refractivity contribution in [2.45, 2.75) is 11.8 Å². The Bertz CT molecular complexity index is 987. The van der Waals surface area contributed by atoms with Crippen LogP contribution in [0.1, 0.15) is 5.56 Å². The van der Waals surface area contributed by atoms with Gasteiger partial charge >= 0.3 is 0 Å². The highest BCUT2D eigenvalue weighted by atomic mass is 35.5. The van der Waals surface area contributed by atoms with E-state index in [0.717, 1.165) is 24.3 Å². The molecule has 3 rings (SSSR count). The Kier molecular flexibility index (Phi) is 5.73. The topological polar surface area (TPSA) is 64.4 Å². The number of halogens is 1. The fraction of sp³-hybridized carbons (Fsp3) is 0.250. The Morgan fingerprint density at radius 1 is 1.11 bits per heavy atom. The van der Waals surface area contributed by atoms with Gasteiger partial charge in [0.1, 0.15) is 6.07 Å². The van der Waals surface area contributed by atoms with Crippen molar-refractivity contribution in [3.8, 4) is 6.07 Å². The van der Waals surface area contributed by atoms with Gasteiger partial charge in [-0.1, -0.05) is 35.4 Å². The number of rotatable bonds is 4. The lowest BCUT2D eigenvalue weighted by Gasteiger charge is -2.35. The van der Waals surface area contributed by atoms with Crippen LogP contribution in [0.15, 0.2) is 64.5 Å². The highest BCUT2D eigenvalue weighted by molar-refractivity contribution is 7.95. The van der Waals surface area contributed by atoms with E-state index >= 15 is 0 Å². The van der Waals surface area contributed by atoms with Crippen LogP contribution in [0, 0.1) is 18.3 Å². The molecule has 7 heteroatoms. The smallest absolute Gasteiger partial charge is 0.218 e. The molecule has 0 saturated carbocycles. The summed E-state index contributed by atoms with van der Waals surface area (Å²) in [5, 5.41) is 10.1. The van der Waals surface area contributed by atoms with Crippen LogP contribution in [0.3, 0.4) is 0 Å². The first-order valence-electron chi connectivity index (χ1n) is 8.58. The summed E-state index contributed by atoms with van der Waals surface area (Å²) in [5.74, 6) is 0. The lowest BCUT2D eigenvalue weighted by atomic mass is 10.2. The Hall–Kier alpha value is -2.49. The number of hydrogen-bond acceptors (Lipinski definition) is 5. The van der Waals surface area contributed by atoms with E-state index in [9.17, 15) is 13.7 Å². The highest BCUT2D eigenvalue weighted by Crippen LogP contribution is 2.23. The molecular weight excluding hydrogens is 382 g/mol. The minimum Gasteiger partial charge on any atom is -0.372 e. The average Bonchev–Trinajstić information content (AvgIpc) is 2.67. The Morgan fingerprint density at radius 2 is 1.78 bits per heavy atom. The molecule has 0 radical (unpaired) electrons. The van der Waals surface area contributed by atoms with E-state index in [1.807, 2.05) is 42.2 Å². The van der Waals surface area contributed by atoms with Gasteiger partial charge in [-0.2, -0.15) is 5.26 Å². The van der Waals surface area contributed by atoms with Gasteiger partial charge in [-0.15, -0.1) is 0 Å². The van der Waals surface area contributed by atoms with Gasteiger partial charge in [0.2, 0.25) is 9.84 Å². The van der Waals surface area contributed by atoms with Crippen LogP contribution in [0.5, 0.6) is 0 Å². The molecule has 1 fully saturated rings. The minimum atomic E-state index is -3.81. The molecule has 0 spiro atoms. The summed E-state index contributed by atoms with van der Waals surface area (Å²) in [7, 11) is -3.81. The second-order valence-corrected chi connectivity index (χ2v) is 8.78. The normalized spacial score (nSPS) is 15.5. The Labute approximate surface area is 165 Å². The number of sulfone groups is 1. The average molecular weight is 402 g/mol. The summed E-state index contributed by atoms with van der Waals surface area (Å²) in [4.78, 5) is 3.98. The lowest BCUT2D eigenvalue weighted by molar-refractivity contribution is 0.348. The van der Waals surface area contributed by atoms with Crippen molar-refractivity contribution in [3.05, 3.63) is 70.2 Å². The molecule has 2 aromatic rings. The summed E-state index contributed by atoms with van der Waals surface area (Å²) in [6.07, 6.45) is 1.46. The molecule has 0 bridgehead atoms. The molecule has 0 atom stereocenters. The summed E-state index contributed by atoms with van der Waals surface area (Å²) in [6.45, 7) is 4.58. The molecule has 0 amide bonds. The van der Waals surface area contributed by atoms with Crippen molar-refractivity contribution in [2.24, 2.45) is 0 Å². The van der Waals surface area contributed by atoms with Crippen LogP contribution >= 0.6 is 11.6 Å². The van der Waals surface area contributed by atoms with Crippen LogP contribution < -0.4 is 4.90 Å². The third kappa shape index (κ3) is 4.44. The molecule has 1 aliphatic rings. The van der Waals surface area contributed by atoms with Crippen LogP contribution in [-0.4, -0.2) is 39.5 Å². The highest BCUT2D eigenvalue weighted by Gasteiger charge is 2.23. The van der Waals surface area contributed by atoms with Crippen LogP contribution in [0.25, 0.3) is 0 Å². The lowest BCUT2D eigenvalue weighted by Crippen LogP contribution is -2.44. The van der Waals surface area contributed by atoms with E-state index in [2.05, 4.69) is 4.90 Å². The standard InChI is InChI=1S/C20H20ClN3O2S/c1-16-5-7-19(8-6-16)27(25,26)20(14-22)15-23-9-11-24(12-10-23)18-4-2-3-17(21)13-18/h2-8,13,15H,9-12H2,1H3/b20-15+. The fourth-order valence-corrected chi connectivity index (χ4v) is 4.29. The van der Waals surface area contributed by atoms with E-state index < -0.39 is 9.84 Å². The molecule has 27 heavy (non-hydrogen) atoms. The maximum atomic E-state index is 12.7. The van der Waals surface area contributed by atoms with Crippen molar-refractivity contribution in [1.82, 2.24) is 4.90 Å². The van der Waals surface area contributed by atoms with Crippen molar-refractivity contribution >= 4 is 27.1 Å². The molecule has 140 valence electrons. The van der Waals surface area contributed by atoms with Crippen LogP contribution in [-0.2, 0) is 9.84 Å². The van der Waals surface area contributed by atoms with Gasteiger partial charge in [0.05, 0.1) is 4.90 Å². The van der Waals surface area contributed by atoms with Gasteiger partial charge in [-0.25, -0.2) is 8.42 Å². The molecular formula is C20H20ClN3O2S. The molecule has 2 aromatic carbocycles. The van der Waals surface area contributed by atoms with E-state index in [1.54, 1.807) is 12.1 Å². The van der Waals surface area contributed by atoms with Crippen molar-refractivity contribution in [3.63, 3.8) is 0 Å². The fourth-order valence-electron chi connectivity index (χ4n) is 2.95. The molecule has 0 aromatic heterocycles.